The molecule has 1 saturated carbocycles. The standard InChI is InChI=1S/C22H26N2O4/c1-3-4-12-28-19-11-10-16(13-20(19)27-2)22(26)24-18-7-5-6-17(14-18)23-21(25)15-8-9-15/h5-7,10-11,13-15H,3-4,8-9,12H2,1-2H3,(H,23,25)(H,24,26). The van der Waals surface area contributed by atoms with Gasteiger partial charge in [-0.3, -0.25) is 9.59 Å². The topological polar surface area (TPSA) is 76.7 Å². The summed E-state index contributed by atoms with van der Waals surface area (Å²) in [4.78, 5) is 24.5. The van der Waals surface area contributed by atoms with Crippen LogP contribution in [0, 0.1) is 5.92 Å². The monoisotopic (exact) mass is 382 g/mol. The molecule has 0 atom stereocenters. The van der Waals surface area contributed by atoms with Gasteiger partial charge in [-0.15, -0.1) is 0 Å². The number of nitrogens with one attached hydrogen (secondary N) is 2. The summed E-state index contributed by atoms with van der Waals surface area (Å²) in [6.45, 7) is 2.71. The number of amides is 2. The van der Waals surface area contributed by atoms with Gasteiger partial charge in [0, 0.05) is 22.9 Å². The Hall–Kier alpha value is -3.02. The van der Waals surface area contributed by atoms with E-state index < -0.39 is 0 Å². The van der Waals surface area contributed by atoms with Crippen molar-refractivity contribution in [3.05, 3.63) is 48.0 Å². The van der Waals surface area contributed by atoms with Crippen molar-refractivity contribution >= 4 is 23.2 Å². The van der Waals surface area contributed by atoms with E-state index in [9.17, 15) is 9.59 Å². The van der Waals surface area contributed by atoms with Gasteiger partial charge in [0.05, 0.1) is 13.7 Å². The number of hydrogen-bond donors (Lipinski definition) is 2. The molecular formula is C22H26N2O4. The molecule has 2 amide bonds. The van der Waals surface area contributed by atoms with Crippen LogP contribution in [-0.2, 0) is 4.79 Å². The van der Waals surface area contributed by atoms with Gasteiger partial charge in [0.15, 0.2) is 11.5 Å². The second-order valence-electron chi connectivity index (χ2n) is 6.87. The third-order valence-corrected chi connectivity index (χ3v) is 4.52. The lowest BCUT2D eigenvalue weighted by Crippen LogP contribution is -2.15. The van der Waals surface area contributed by atoms with Gasteiger partial charge >= 0.3 is 0 Å². The Morgan fingerprint density at radius 2 is 1.79 bits per heavy atom. The smallest absolute Gasteiger partial charge is 0.255 e. The number of carbonyl (C=O) groups excluding carboxylic acids is 2. The lowest BCUT2D eigenvalue weighted by molar-refractivity contribution is -0.117. The second-order valence-corrected chi connectivity index (χ2v) is 6.87. The summed E-state index contributed by atoms with van der Waals surface area (Å²) in [6, 6.07) is 12.2. The van der Waals surface area contributed by atoms with Gasteiger partial charge in [-0.25, -0.2) is 0 Å². The number of benzene rings is 2. The van der Waals surface area contributed by atoms with Crippen LogP contribution in [0.5, 0.6) is 11.5 Å². The highest BCUT2D eigenvalue weighted by molar-refractivity contribution is 6.05. The fourth-order valence-corrected chi connectivity index (χ4v) is 2.72. The quantitative estimate of drug-likeness (QED) is 0.627. The molecule has 28 heavy (non-hydrogen) atoms. The molecule has 148 valence electrons. The molecule has 1 fully saturated rings. The molecule has 2 aromatic rings. The first kappa shape index (κ1) is 19.7. The van der Waals surface area contributed by atoms with Crippen LogP contribution >= 0.6 is 0 Å². The fraction of sp³-hybridized carbons (Fsp3) is 0.364. The van der Waals surface area contributed by atoms with Gasteiger partial charge in [-0.05, 0) is 55.7 Å². The van der Waals surface area contributed by atoms with Crippen LogP contribution in [0.4, 0.5) is 11.4 Å². The molecule has 0 aliphatic heterocycles. The summed E-state index contributed by atoms with van der Waals surface area (Å²) in [5.74, 6) is 1.05. The maximum absolute atomic E-state index is 12.6. The summed E-state index contributed by atoms with van der Waals surface area (Å²) in [5, 5.41) is 5.73. The van der Waals surface area contributed by atoms with E-state index in [2.05, 4.69) is 17.6 Å². The van der Waals surface area contributed by atoms with E-state index in [1.807, 2.05) is 0 Å². The van der Waals surface area contributed by atoms with E-state index in [1.54, 1.807) is 49.6 Å². The van der Waals surface area contributed by atoms with Gasteiger partial charge in [-0.2, -0.15) is 0 Å². The van der Waals surface area contributed by atoms with Crippen molar-refractivity contribution in [3.8, 4) is 11.5 Å². The van der Waals surface area contributed by atoms with Crippen molar-refractivity contribution < 1.29 is 19.1 Å². The molecule has 2 N–H and O–H groups in total. The van der Waals surface area contributed by atoms with E-state index >= 15 is 0 Å². The van der Waals surface area contributed by atoms with E-state index in [4.69, 9.17) is 9.47 Å². The van der Waals surface area contributed by atoms with Crippen LogP contribution in [0.1, 0.15) is 43.0 Å². The lowest BCUT2D eigenvalue weighted by atomic mass is 10.1. The second kappa shape index (κ2) is 9.26. The highest BCUT2D eigenvalue weighted by Gasteiger charge is 2.29. The van der Waals surface area contributed by atoms with Crippen molar-refractivity contribution in [2.75, 3.05) is 24.4 Å². The van der Waals surface area contributed by atoms with E-state index in [1.165, 1.54) is 0 Å². The average Bonchev–Trinajstić information content (AvgIpc) is 3.54. The van der Waals surface area contributed by atoms with Crippen molar-refractivity contribution in [1.29, 1.82) is 0 Å². The molecule has 0 bridgehead atoms. The zero-order valence-electron chi connectivity index (χ0n) is 16.3. The summed E-state index contributed by atoms with van der Waals surface area (Å²) in [6.07, 6.45) is 3.90. The first-order chi connectivity index (χ1) is 13.6. The first-order valence-electron chi connectivity index (χ1n) is 9.64. The zero-order chi connectivity index (χ0) is 19.9. The Balaban J connectivity index is 1.66. The molecule has 1 aliphatic carbocycles. The van der Waals surface area contributed by atoms with Gasteiger partial charge in [-0.1, -0.05) is 19.4 Å². The molecule has 2 aromatic carbocycles. The molecule has 0 spiro atoms. The van der Waals surface area contributed by atoms with Crippen LogP contribution < -0.4 is 20.1 Å². The van der Waals surface area contributed by atoms with Gasteiger partial charge in [0.1, 0.15) is 0 Å². The van der Waals surface area contributed by atoms with Gasteiger partial charge < -0.3 is 20.1 Å². The van der Waals surface area contributed by atoms with Crippen LogP contribution in [-0.4, -0.2) is 25.5 Å². The Labute approximate surface area is 165 Å². The van der Waals surface area contributed by atoms with Gasteiger partial charge in [0.2, 0.25) is 5.91 Å². The van der Waals surface area contributed by atoms with Crippen LogP contribution in [0.25, 0.3) is 0 Å². The summed E-state index contributed by atoms with van der Waals surface area (Å²) < 4.78 is 11.1. The van der Waals surface area contributed by atoms with Crippen LogP contribution in [0.15, 0.2) is 42.5 Å². The molecule has 0 aromatic heterocycles. The number of ether oxygens (including phenoxy) is 2. The molecular weight excluding hydrogens is 356 g/mol. The molecule has 0 saturated heterocycles. The molecule has 0 heterocycles. The molecule has 6 nitrogen and oxygen atoms in total. The highest BCUT2D eigenvalue weighted by atomic mass is 16.5. The van der Waals surface area contributed by atoms with Gasteiger partial charge in [0.25, 0.3) is 5.91 Å². The Kier molecular flexibility index (Phi) is 6.53. The largest absolute Gasteiger partial charge is 0.493 e. The van der Waals surface area contributed by atoms with E-state index in [0.717, 1.165) is 25.7 Å². The minimum Gasteiger partial charge on any atom is -0.493 e. The third-order valence-electron chi connectivity index (χ3n) is 4.52. The van der Waals surface area contributed by atoms with Crippen LogP contribution in [0.3, 0.4) is 0 Å². The Morgan fingerprint density at radius 3 is 2.46 bits per heavy atom. The number of rotatable bonds is 9. The highest BCUT2D eigenvalue weighted by Crippen LogP contribution is 2.31. The minimum absolute atomic E-state index is 0.0341. The summed E-state index contributed by atoms with van der Waals surface area (Å²) in [7, 11) is 1.55. The van der Waals surface area contributed by atoms with Crippen molar-refractivity contribution in [3.63, 3.8) is 0 Å². The molecule has 1 aliphatic rings. The average molecular weight is 382 g/mol. The lowest BCUT2D eigenvalue weighted by Gasteiger charge is -2.12. The van der Waals surface area contributed by atoms with Crippen LogP contribution in [0.2, 0.25) is 0 Å². The predicted molar refractivity (Wildman–Crippen MR) is 109 cm³/mol. The normalized spacial score (nSPS) is 12.9. The molecule has 3 rings (SSSR count). The maximum Gasteiger partial charge on any atom is 0.255 e. The predicted octanol–water partition coefficient (Wildman–Crippen LogP) is 4.47. The Bertz CT molecular complexity index is 846. The number of hydrogen-bond acceptors (Lipinski definition) is 4. The molecule has 6 heteroatoms. The fourth-order valence-electron chi connectivity index (χ4n) is 2.72. The third kappa shape index (κ3) is 5.25. The Morgan fingerprint density at radius 1 is 1.04 bits per heavy atom. The number of unbranched alkanes of at least 4 members (excludes halogenated alkanes) is 1. The van der Waals surface area contributed by atoms with E-state index in [0.29, 0.717) is 35.0 Å². The minimum atomic E-state index is -0.260. The zero-order valence-corrected chi connectivity index (χ0v) is 16.3. The van der Waals surface area contributed by atoms with Crippen molar-refractivity contribution in [1.82, 2.24) is 0 Å². The van der Waals surface area contributed by atoms with Crippen molar-refractivity contribution in [2.45, 2.75) is 32.6 Å². The SMILES string of the molecule is CCCCOc1ccc(C(=O)Nc2cccc(NC(=O)C3CC3)c2)cc1OC. The molecule has 0 radical (unpaired) electrons. The maximum atomic E-state index is 12.6. The summed E-state index contributed by atoms with van der Waals surface area (Å²) in [5.41, 5.74) is 1.75. The van der Waals surface area contributed by atoms with E-state index in [-0.39, 0.29) is 17.7 Å². The number of carbonyl (C=O) groups is 2. The van der Waals surface area contributed by atoms with Crippen molar-refractivity contribution in [2.24, 2.45) is 5.92 Å². The number of anilines is 2. The first-order valence-corrected chi connectivity index (χ1v) is 9.64. The number of methoxy groups -OCH3 is 1. The molecule has 0 unspecified atom stereocenters. The summed E-state index contributed by atoms with van der Waals surface area (Å²) >= 11 is 0.